The van der Waals surface area contributed by atoms with Gasteiger partial charge in [0.05, 0.1) is 60.9 Å². The first-order chi connectivity index (χ1) is 29.6. The molecule has 60 heavy (non-hydrogen) atoms. The van der Waals surface area contributed by atoms with Gasteiger partial charge in [-0.3, -0.25) is 14.8 Å². The summed E-state index contributed by atoms with van der Waals surface area (Å²) in [6.07, 6.45) is 3.71. The second kappa shape index (κ2) is 20.6. The molecule has 0 saturated carbocycles. The molecule has 0 aliphatic carbocycles. The molecule has 0 unspecified atom stereocenters. The molecule has 13 heteroatoms. The quantitative estimate of drug-likeness (QED) is 0.0786. The summed E-state index contributed by atoms with van der Waals surface area (Å²) < 4.78 is 33.9. The Balaban J connectivity index is 1.06. The molecule has 0 bridgehead atoms. The molecule has 306 valence electrons. The number of aromatic nitrogens is 4. The highest BCUT2D eigenvalue weighted by atomic mass is 32.1. The van der Waals surface area contributed by atoms with Crippen LogP contribution < -0.4 is 5.32 Å². The molecule has 5 atom stereocenters. The van der Waals surface area contributed by atoms with E-state index in [9.17, 15) is 4.79 Å². The van der Waals surface area contributed by atoms with Crippen LogP contribution >= 0.6 is 22.7 Å². The van der Waals surface area contributed by atoms with Crippen LogP contribution in [0, 0.1) is 6.92 Å². The van der Waals surface area contributed by atoms with Crippen molar-refractivity contribution in [3.8, 4) is 10.7 Å². The lowest BCUT2D eigenvalue weighted by Gasteiger charge is -2.46. The highest BCUT2D eigenvalue weighted by Crippen LogP contribution is 2.33. The van der Waals surface area contributed by atoms with Crippen LogP contribution in [0.3, 0.4) is 0 Å². The van der Waals surface area contributed by atoms with Gasteiger partial charge in [-0.15, -0.1) is 11.3 Å². The fourth-order valence-corrected chi connectivity index (χ4v) is 8.75. The minimum absolute atomic E-state index is 0.146. The molecule has 1 N–H and O–H groups in total. The van der Waals surface area contributed by atoms with E-state index >= 15 is 0 Å². The topological polar surface area (TPSA) is 127 Å². The van der Waals surface area contributed by atoms with Crippen LogP contribution in [0.1, 0.15) is 42.5 Å². The Morgan fingerprint density at radius 2 is 1.20 bits per heavy atom. The minimum atomic E-state index is -0.576. The van der Waals surface area contributed by atoms with Gasteiger partial charge in [-0.2, -0.15) is 0 Å². The van der Waals surface area contributed by atoms with E-state index in [-0.39, 0.29) is 12.4 Å². The molecule has 4 heterocycles. The number of benzene rings is 4. The molecule has 1 aliphatic heterocycles. The number of aryl methyl sites for hydroxylation is 1. The fourth-order valence-electron chi connectivity index (χ4n) is 6.94. The lowest BCUT2D eigenvalue weighted by Crippen LogP contribution is -2.62. The van der Waals surface area contributed by atoms with Crippen molar-refractivity contribution < 1.29 is 28.5 Å². The molecule has 4 aromatic carbocycles. The lowest BCUT2D eigenvalue weighted by molar-refractivity contribution is -0.269. The van der Waals surface area contributed by atoms with Gasteiger partial charge in [-0.05, 0) is 29.2 Å². The minimum Gasteiger partial charge on any atom is -0.374 e. The first-order valence-corrected chi connectivity index (χ1v) is 21.4. The molecular weight excluding hydrogens is 795 g/mol. The summed E-state index contributed by atoms with van der Waals surface area (Å²) in [6, 6.07) is 40.3. The Morgan fingerprint density at radius 3 is 1.77 bits per heavy atom. The van der Waals surface area contributed by atoms with Crippen molar-refractivity contribution >= 4 is 33.6 Å². The Kier molecular flexibility index (Phi) is 14.2. The van der Waals surface area contributed by atoms with Gasteiger partial charge >= 0.3 is 0 Å². The average Bonchev–Trinajstić information content (AvgIpc) is 3.95. The van der Waals surface area contributed by atoms with Crippen LogP contribution in [-0.2, 0) is 50.1 Å². The average molecular weight is 840 g/mol. The predicted octanol–water partition coefficient (Wildman–Crippen LogP) is 8.75. The van der Waals surface area contributed by atoms with Gasteiger partial charge in [-0.25, -0.2) is 9.97 Å². The van der Waals surface area contributed by atoms with Crippen LogP contribution in [-0.4, -0.2) is 69.4 Å². The van der Waals surface area contributed by atoms with Crippen LogP contribution in [0.2, 0.25) is 0 Å². The SMILES string of the molecule is Cc1nc(-c2cnccn2)sc1C(=O)c1cnc(NC[C@@H]2O[C@@H](COCc3ccccc3)[C@H](OCc3ccccc3)[C@@H](OCc3ccccc3)[C@H]2OCc2ccccc2)s1. The van der Waals surface area contributed by atoms with E-state index < -0.39 is 30.5 Å². The zero-order valence-corrected chi connectivity index (χ0v) is 34.7. The van der Waals surface area contributed by atoms with Crippen LogP contribution in [0.4, 0.5) is 5.13 Å². The van der Waals surface area contributed by atoms with Crippen LogP contribution in [0.5, 0.6) is 0 Å². The molecule has 8 rings (SSSR count). The number of hydrogen-bond acceptors (Lipinski definition) is 13. The number of anilines is 1. The normalized spacial score (nSPS) is 18.9. The first kappa shape index (κ1) is 41.2. The van der Waals surface area contributed by atoms with Crippen molar-refractivity contribution in [2.45, 2.75) is 63.9 Å². The van der Waals surface area contributed by atoms with Gasteiger partial charge < -0.3 is 29.0 Å². The highest BCUT2D eigenvalue weighted by molar-refractivity contribution is 7.20. The van der Waals surface area contributed by atoms with Gasteiger partial charge in [0.2, 0.25) is 5.78 Å². The number of thiazole rings is 2. The maximum atomic E-state index is 13.8. The molecule has 1 aliphatic rings. The number of ketones is 1. The molecule has 11 nitrogen and oxygen atoms in total. The molecular formula is C47H45N5O6S2. The van der Waals surface area contributed by atoms with E-state index in [1.807, 2.05) is 128 Å². The molecule has 0 amide bonds. The predicted molar refractivity (Wildman–Crippen MR) is 232 cm³/mol. The molecule has 1 fully saturated rings. The van der Waals surface area contributed by atoms with Gasteiger partial charge in [0.15, 0.2) is 5.13 Å². The van der Waals surface area contributed by atoms with E-state index in [1.165, 1.54) is 22.7 Å². The second-order valence-electron chi connectivity index (χ2n) is 14.3. The third-order valence-corrected chi connectivity index (χ3v) is 12.1. The Labute approximate surface area is 357 Å². The van der Waals surface area contributed by atoms with Crippen molar-refractivity contribution in [2.24, 2.45) is 0 Å². The summed E-state index contributed by atoms with van der Waals surface area (Å²) in [6.45, 7) is 3.82. The number of nitrogens with one attached hydrogen (secondary N) is 1. The van der Waals surface area contributed by atoms with Gasteiger partial charge in [0.25, 0.3) is 0 Å². The smallest absolute Gasteiger partial charge is 0.216 e. The summed E-state index contributed by atoms with van der Waals surface area (Å²) in [5, 5.41) is 4.68. The molecule has 0 radical (unpaired) electrons. The number of nitrogens with zero attached hydrogens (tertiary/aromatic N) is 4. The van der Waals surface area contributed by atoms with Gasteiger partial charge in [0, 0.05) is 18.9 Å². The van der Waals surface area contributed by atoms with Gasteiger partial charge in [-0.1, -0.05) is 133 Å². The molecule has 0 spiro atoms. The van der Waals surface area contributed by atoms with Crippen molar-refractivity contribution in [1.29, 1.82) is 0 Å². The zero-order chi connectivity index (χ0) is 40.9. The van der Waals surface area contributed by atoms with Crippen molar-refractivity contribution in [3.05, 3.63) is 184 Å². The van der Waals surface area contributed by atoms with Gasteiger partial charge in [0.1, 0.15) is 41.2 Å². The molecule has 1 saturated heterocycles. The number of rotatable bonds is 19. The lowest BCUT2D eigenvalue weighted by atomic mass is 9.93. The maximum absolute atomic E-state index is 13.8. The van der Waals surface area contributed by atoms with Crippen molar-refractivity contribution in [1.82, 2.24) is 19.9 Å². The molecule has 7 aromatic rings. The highest BCUT2D eigenvalue weighted by Gasteiger charge is 2.48. The van der Waals surface area contributed by atoms with E-state index in [0.717, 1.165) is 22.3 Å². The Hall–Kier alpha value is -5.51. The second-order valence-corrected chi connectivity index (χ2v) is 16.3. The van der Waals surface area contributed by atoms with Crippen molar-refractivity contribution in [2.75, 3.05) is 18.5 Å². The summed E-state index contributed by atoms with van der Waals surface area (Å²) in [4.78, 5) is 32.5. The first-order valence-electron chi connectivity index (χ1n) is 19.8. The standard InChI is InChI=1S/C47H45N5O6S2/c1-32-45(60-46(52-32)37-24-48-22-23-49-37)41(53)40-26-51-47(59-40)50-25-38-42(55-28-34-16-8-3-9-17-34)44(57-30-36-20-12-5-13-21-36)43(56-29-35-18-10-4-11-19-35)39(58-38)31-54-27-33-14-6-2-7-15-33/h2-24,26,38-39,42-44H,25,27-31H2,1H3,(H,50,51)/t38-,39-,42-,43-,44-/m0/s1. The summed E-state index contributed by atoms with van der Waals surface area (Å²) in [7, 11) is 0. The van der Waals surface area contributed by atoms with Crippen LogP contribution in [0.15, 0.2) is 146 Å². The number of carbonyl (C=O) groups is 1. The monoisotopic (exact) mass is 839 g/mol. The maximum Gasteiger partial charge on any atom is 0.216 e. The van der Waals surface area contributed by atoms with E-state index in [2.05, 4.69) is 25.3 Å². The zero-order valence-electron chi connectivity index (χ0n) is 33.0. The number of ether oxygens (including phenoxy) is 5. The van der Waals surface area contributed by atoms with E-state index in [4.69, 9.17) is 23.7 Å². The van der Waals surface area contributed by atoms with E-state index in [1.54, 1.807) is 24.8 Å². The number of hydrogen-bond donors (Lipinski definition) is 1. The fraction of sp³-hybridized carbons (Fsp3) is 0.255. The van der Waals surface area contributed by atoms with Crippen molar-refractivity contribution in [3.63, 3.8) is 0 Å². The number of carbonyl (C=O) groups excluding carboxylic acids is 1. The Morgan fingerprint density at radius 1 is 0.650 bits per heavy atom. The largest absolute Gasteiger partial charge is 0.374 e. The summed E-state index contributed by atoms with van der Waals surface area (Å²) in [5.74, 6) is -0.146. The summed E-state index contributed by atoms with van der Waals surface area (Å²) >= 11 is 2.58. The van der Waals surface area contributed by atoms with E-state index in [0.29, 0.717) is 64.3 Å². The molecule has 3 aromatic heterocycles. The Bertz CT molecular complexity index is 2370. The third kappa shape index (κ3) is 10.8. The third-order valence-electron chi connectivity index (χ3n) is 9.95. The summed E-state index contributed by atoms with van der Waals surface area (Å²) in [5.41, 5.74) is 5.39. The van der Waals surface area contributed by atoms with Crippen LogP contribution in [0.25, 0.3) is 10.7 Å².